The van der Waals surface area contributed by atoms with Gasteiger partial charge in [-0.2, -0.15) is 0 Å². The summed E-state index contributed by atoms with van der Waals surface area (Å²) in [5.74, 6) is 0.0480. The van der Waals surface area contributed by atoms with Crippen LogP contribution < -0.4 is 5.32 Å². The molecule has 1 heterocycles. The summed E-state index contributed by atoms with van der Waals surface area (Å²) in [4.78, 5) is 12.0. The highest BCUT2D eigenvalue weighted by atomic mass is 32.2. The van der Waals surface area contributed by atoms with E-state index in [4.69, 9.17) is 0 Å². The predicted octanol–water partition coefficient (Wildman–Crippen LogP) is 2.06. The van der Waals surface area contributed by atoms with Gasteiger partial charge in [0.25, 0.3) is 0 Å². The predicted molar refractivity (Wildman–Crippen MR) is 83.8 cm³/mol. The molecule has 1 fully saturated rings. The topological polar surface area (TPSA) is 66.5 Å². The first-order valence-electron chi connectivity index (χ1n) is 7.23. The summed E-state index contributed by atoms with van der Waals surface area (Å²) in [6.45, 7) is 4.74. The number of aryl methyl sites for hydroxylation is 2. The maximum atomic E-state index is 12.0. The molecule has 0 atom stereocenters. The Morgan fingerprint density at radius 2 is 1.86 bits per heavy atom. The minimum atomic E-state index is -3.15. The molecular weight excluding hydrogens is 288 g/mol. The second kappa shape index (κ2) is 6.58. The van der Waals surface area contributed by atoms with Gasteiger partial charge >= 0.3 is 0 Å². The average molecular weight is 310 g/mol. The summed E-state index contributed by atoms with van der Waals surface area (Å²) in [6, 6.07) is 5.85. The highest BCUT2D eigenvalue weighted by Gasteiger charge is 2.25. The largest absolute Gasteiger partial charge is 0.326 e. The van der Waals surface area contributed by atoms with Crippen molar-refractivity contribution >= 4 is 21.6 Å². The van der Waals surface area contributed by atoms with Crippen LogP contribution in [0.5, 0.6) is 0 Å². The molecule has 0 saturated carbocycles. The van der Waals surface area contributed by atoms with Crippen LogP contribution in [-0.2, 0) is 14.8 Å². The van der Waals surface area contributed by atoms with Crippen molar-refractivity contribution in [2.45, 2.75) is 33.1 Å². The fraction of sp³-hybridized carbons (Fsp3) is 0.533. The van der Waals surface area contributed by atoms with E-state index in [-0.39, 0.29) is 24.6 Å². The van der Waals surface area contributed by atoms with Crippen LogP contribution in [0.3, 0.4) is 0 Å². The van der Waals surface area contributed by atoms with Crippen molar-refractivity contribution in [2.24, 2.45) is 0 Å². The van der Waals surface area contributed by atoms with Crippen LogP contribution in [0.2, 0.25) is 0 Å². The van der Waals surface area contributed by atoms with E-state index < -0.39 is 10.0 Å². The lowest BCUT2D eigenvalue weighted by atomic mass is 10.1. The van der Waals surface area contributed by atoms with Gasteiger partial charge < -0.3 is 5.32 Å². The van der Waals surface area contributed by atoms with E-state index in [1.54, 1.807) is 0 Å². The number of anilines is 1. The van der Waals surface area contributed by atoms with Gasteiger partial charge in [-0.05, 0) is 49.9 Å². The van der Waals surface area contributed by atoms with Gasteiger partial charge in [0.2, 0.25) is 15.9 Å². The molecule has 0 bridgehead atoms. The molecule has 116 valence electrons. The summed E-state index contributed by atoms with van der Waals surface area (Å²) >= 11 is 0. The molecule has 0 unspecified atom stereocenters. The highest BCUT2D eigenvalue weighted by molar-refractivity contribution is 7.89. The number of nitrogens with one attached hydrogen (secondary N) is 1. The lowest BCUT2D eigenvalue weighted by Gasteiger charge is -2.25. The maximum absolute atomic E-state index is 12.0. The molecule has 1 aromatic rings. The normalized spacial score (nSPS) is 18.4. The summed E-state index contributed by atoms with van der Waals surface area (Å²) in [6.07, 6.45) is 1.78. The number of hydrogen-bond acceptors (Lipinski definition) is 3. The third-order valence-corrected chi connectivity index (χ3v) is 5.50. The first-order chi connectivity index (χ1) is 9.87. The van der Waals surface area contributed by atoms with Crippen LogP contribution in [0.4, 0.5) is 5.69 Å². The van der Waals surface area contributed by atoms with Gasteiger partial charge in [0.05, 0.1) is 5.75 Å². The Hall–Kier alpha value is -1.40. The van der Waals surface area contributed by atoms with E-state index in [1.807, 2.05) is 32.0 Å². The summed E-state index contributed by atoms with van der Waals surface area (Å²) in [7, 11) is -3.15. The van der Waals surface area contributed by atoms with E-state index >= 15 is 0 Å². The van der Waals surface area contributed by atoms with Crippen LogP contribution in [-0.4, -0.2) is 37.5 Å². The summed E-state index contributed by atoms with van der Waals surface area (Å²) < 4.78 is 25.1. The van der Waals surface area contributed by atoms with Crippen molar-refractivity contribution in [3.8, 4) is 0 Å². The van der Waals surface area contributed by atoms with Gasteiger partial charge in [-0.1, -0.05) is 6.07 Å². The van der Waals surface area contributed by atoms with Crippen molar-refractivity contribution in [3.05, 3.63) is 29.3 Å². The van der Waals surface area contributed by atoms with Crippen LogP contribution in [0.1, 0.15) is 30.4 Å². The minimum Gasteiger partial charge on any atom is -0.326 e. The fourth-order valence-electron chi connectivity index (χ4n) is 2.59. The smallest absolute Gasteiger partial charge is 0.225 e. The highest BCUT2D eigenvalue weighted by Crippen LogP contribution is 2.16. The number of carbonyl (C=O) groups is 1. The van der Waals surface area contributed by atoms with E-state index in [9.17, 15) is 13.2 Å². The molecule has 0 spiro atoms. The third kappa shape index (κ3) is 4.54. The number of carbonyl (C=O) groups excluding carboxylic acids is 1. The lowest BCUT2D eigenvalue weighted by Crippen LogP contribution is -2.39. The first kappa shape index (κ1) is 16.0. The van der Waals surface area contributed by atoms with Crippen molar-refractivity contribution in [1.82, 2.24) is 4.31 Å². The second-order valence-electron chi connectivity index (χ2n) is 5.60. The van der Waals surface area contributed by atoms with Gasteiger partial charge in [-0.3, -0.25) is 4.79 Å². The maximum Gasteiger partial charge on any atom is 0.225 e. The van der Waals surface area contributed by atoms with Crippen LogP contribution in [0, 0.1) is 13.8 Å². The van der Waals surface area contributed by atoms with Crippen molar-refractivity contribution in [1.29, 1.82) is 0 Å². The zero-order valence-corrected chi connectivity index (χ0v) is 13.4. The Labute approximate surface area is 126 Å². The number of sulfonamides is 1. The van der Waals surface area contributed by atoms with Gasteiger partial charge in [0.1, 0.15) is 0 Å². The Kier molecular flexibility index (Phi) is 5.00. The van der Waals surface area contributed by atoms with Crippen LogP contribution in [0.25, 0.3) is 0 Å². The number of rotatable bonds is 4. The molecule has 0 radical (unpaired) electrons. The van der Waals surface area contributed by atoms with Gasteiger partial charge in [0.15, 0.2) is 0 Å². The molecular formula is C15H22N2O3S. The number of benzene rings is 1. The Balaban J connectivity index is 1.90. The van der Waals surface area contributed by atoms with Crippen molar-refractivity contribution in [3.63, 3.8) is 0 Å². The second-order valence-corrected chi connectivity index (χ2v) is 7.69. The standard InChI is InChI=1S/C15H22N2O3S/c1-12-9-13(2)11-14(10-12)16-15(18)5-7-17-6-3-4-8-21(17,19)20/h9-11H,3-8H2,1-2H3,(H,16,18). The van der Waals surface area contributed by atoms with Crippen LogP contribution in [0.15, 0.2) is 18.2 Å². The third-order valence-electron chi connectivity index (χ3n) is 3.55. The van der Waals surface area contributed by atoms with Gasteiger partial charge in [0, 0.05) is 25.2 Å². The molecule has 1 amide bonds. The van der Waals surface area contributed by atoms with Crippen LogP contribution >= 0.6 is 0 Å². The molecule has 6 heteroatoms. The van der Waals surface area contributed by atoms with Gasteiger partial charge in [-0.15, -0.1) is 0 Å². The number of nitrogens with zero attached hydrogens (tertiary/aromatic N) is 1. The van der Waals surface area contributed by atoms with E-state index in [0.29, 0.717) is 13.0 Å². The Bertz CT molecular complexity index is 606. The fourth-order valence-corrected chi connectivity index (χ4v) is 4.19. The Morgan fingerprint density at radius 3 is 2.48 bits per heavy atom. The quantitative estimate of drug-likeness (QED) is 0.925. The molecule has 1 aliphatic heterocycles. The van der Waals surface area contributed by atoms with E-state index in [2.05, 4.69) is 5.32 Å². The lowest BCUT2D eigenvalue weighted by molar-refractivity contribution is -0.116. The van der Waals surface area contributed by atoms with E-state index in [0.717, 1.165) is 23.2 Å². The average Bonchev–Trinajstić information content (AvgIpc) is 2.35. The zero-order chi connectivity index (χ0) is 15.5. The summed E-state index contributed by atoms with van der Waals surface area (Å²) in [5.41, 5.74) is 2.94. The Morgan fingerprint density at radius 1 is 1.19 bits per heavy atom. The molecule has 0 aromatic heterocycles. The molecule has 5 nitrogen and oxygen atoms in total. The zero-order valence-electron chi connectivity index (χ0n) is 12.6. The first-order valence-corrected chi connectivity index (χ1v) is 8.84. The minimum absolute atomic E-state index is 0.152. The van der Waals surface area contributed by atoms with E-state index in [1.165, 1.54) is 4.31 Å². The molecule has 0 aliphatic carbocycles. The molecule has 1 aromatic carbocycles. The molecule has 2 rings (SSSR count). The monoisotopic (exact) mass is 310 g/mol. The van der Waals surface area contributed by atoms with Crippen molar-refractivity contribution in [2.75, 3.05) is 24.2 Å². The number of hydrogen-bond donors (Lipinski definition) is 1. The number of amides is 1. The summed E-state index contributed by atoms with van der Waals surface area (Å²) in [5, 5.41) is 2.83. The SMILES string of the molecule is Cc1cc(C)cc(NC(=O)CCN2CCCCS2(=O)=O)c1. The molecule has 1 saturated heterocycles. The molecule has 21 heavy (non-hydrogen) atoms. The van der Waals surface area contributed by atoms with Gasteiger partial charge in [-0.25, -0.2) is 12.7 Å². The van der Waals surface area contributed by atoms with Crippen molar-refractivity contribution < 1.29 is 13.2 Å². The molecule has 1 N–H and O–H groups in total. The molecule has 1 aliphatic rings.